The lowest BCUT2D eigenvalue weighted by Crippen LogP contribution is -2.27. The number of rotatable bonds is 3. The molecule has 130 valence electrons. The minimum absolute atomic E-state index is 0.0661. The van der Waals surface area contributed by atoms with E-state index >= 15 is 0 Å². The lowest BCUT2D eigenvalue weighted by molar-refractivity contribution is -0.116. The Bertz CT molecular complexity index is 1210. The second-order valence-corrected chi connectivity index (χ2v) is 7.30. The van der Waals surface area contributed by atoms with Crippen LogP contribution in [-0.2, 0) is 11.3 Å². The molecule has 0 aliphatic carbocycles. The molecule has 1 N–H and O–H groups in total. The van der Waals surface area contributed by atoms with Gasteiger partial charge in [0.2, 0.25) is 5.91 Å². The number of nitrogens with zero attached hydrogens (tertiary/aromatic N) is 2. The Balaban J connectivity index is 1.66. The molecule has 5 nitrogen and oxygen atoms in total. The molecule has 2 aromatic heterocycles. The Morgan fingerprint density at radius 3 is 2.81 bits per heavy atom. The molecule has 0 bridgehead atoms. The minimum Gasteiger partial charge on any atom is -0.324 e. The SMILES string of the molecule is Cc1cccc(NC(=O)Cn2cnc3c(sc4ccccc43)c2=O)c1C. The van der Waals surface area contributed by atoms with Crippen molar-refractivity contribution < 1.29 is 4.79 Å². The third-order valence-electron chi connectivity index (χ3n) is 4.54. The van der Waals surface area contributed by atoms with Gasteiger partial charge < -0.3 is 5.32 Å². The third kappa shape index (κ3) is 2.78. The van der Waals surface area contributed by atoms with Gasteiger partial charge in [-0.15, -0.1) is 11.3 Å². The van der Waals surface area contributed by atoms with Crippen LogP contribution in [-0.4, -0.2) is 15.5 Å². The number of hydrogen-bond donors (Lipinski definition) is 1. The second kappa shape index (κ2) is 6.38. The summed E-state index contributed by atoms with van der Waals surface area (Å²) in [5, 5.41) is 3.85. The predicted molar refractivity (Wildman–Crippen MR) is 106 cm³/mol. The van der Waals surface area contributed by atoms with Crippen LogP contribution in [0.4, 0.5) is 5.69 Å². The van der Waals surface area contributed by atoms with Crippen LogP contribution >= 0.6 is 11.3 Å². The van der Waals surface area contributed by atoms with Crippen LogP contribution in [0, 0.1) is 13.8 Å². The summed E-state index contributed by atoms with van der Waals surface area (Å²) in [6.45, 7) is 3.89. The number of carbonyl (C=O) groups is 1. The normalized spacial score (nSPS) is 11.2. The van der Waals surface area contributed by atoms with Gasteiger partial charge in [-0.2, -0.15) is 0 Å². The van der Waals surface area contributed by atoms with Crippen LogP contribution in [0.3, 0.4) is 0 Å². The number of carbonyl (C=O) groups excluding carboxylic acids is 1. The van der Waals surface area contributed by atoms with Gasteiger partial charge in [-0.25, -0.2) is 4.98 Å². The van der Waals surface area contributed by atoms with E-state index in [4.69, 9.17) is 0 Å². The number of hydrogen-bond acceptors (Lipinski definition) is 4. The van der Waals surface area contributed by atoms with Crippen LogP contribution < -0.4 is 10.9 Å². The molecule has 0 saturated carbocycles. The van der Waals surface area contributed by atoms with Crippen molar-refractivity contribution in [2.45, 2.75) is 20.4 Å². The Morgan fingerprint density at radius 2 is 1.96 bits per heavy atom. The lowest BCUT2D eigenvalue weighted by Gasteiger charge is -2.11. The fraction of sp³-hybridized carbons (Fsp3) is 0.150. The maximum Gasteiger partial charge on any atom is 0.271 e. The summed E-state index contributed by atoms with van der Waals surface area (Å²) >= 11 is 1.41. The molecule has 0 unspecified atom stereocenters. The van der Waals surface area contributed by atoms with Crippen molar-refractivity contribution in [1.29, 1.82) is 0 Å². The molecule has 4 aromatic rings. The molecule has 0 aliphatic rings. The monoisotopic (exact) mass is 363 g/mol. The maximum atomic E-state index is 12.8. The van der Waals surface area contributed by atoms with Crippen LogP contribution in [0.5, 0.6) is 0 Å². The molecule has 0 spiro atoms. The number of thiophene rings is 1. The molecule has 0 aliphatic heterocycles. The topological polar surface area (TPSA) is 64.0 Å². The zero-order chi connectivity index (χ0) is 18.3. The Labute approximate surface area is 153 Å². The van der Waals surface area contributed by atoms with Crippen molar-refractivity contribution >= 4 is 43.2 Å². The molecule has 0 fully saturated rings. The van der Waals surface area contributed by atoms with E-state index in [-0.39, 0.29) is 18.0 Å². The maximum absolute atomic E-state index is 12.8. The van der Waals surface area contributed by atoms with Gasteiger partial charge in [0.25, 0.3) is 5.56 Å². The van der Waals surface area contributed by atoms with Gasteiger partial charge in [-0.1, -0.05) is 30.3 Å². The highest BCUT2D eigenvalue weighted by atomic mass is 32.1. The Morgan fingerprint density at radius 1 is 1.15 bits per heavy atom. The smallest absolute Gasteiger partial charge is 0.271 e. The Hall–Kier alpha value is -2.99. The highest BCUT2D eigenvalue weighted by Gasteiger charge is 2.13. The second-order valence-electron chi connectivity index (χ2n) is 6.25. The number of benzene rings is 2. The number of aromatic nitrogens is 2. The van der Waals surface area contributed by atoms with Gasteiger partial charge in [-0.05, 0) is 37.1 Å². The highest BCUT2D eigenvalue weighted by molar-refractivity contribution is 7.25. The van der Waals surface area contributed by atoms with Gasteiger partial charge in [-0.3, -0.25) is 14.2 Å². The number of aryl methyl sites for hydroxylation is 1. The first-order chi connectivity index (χ1) is 12.5. The minimum atomic E-state index is -0.247. The Kier molecular flexibility index (Phi) is 4.05. The van der Waals surface area contributed by atoms with Crippen molar-refractivity contribution in [1.82, 2.24) is 9.55 Å². The summed E-state index contributed by atoms with van der Waals surface area (Å²) in [6.07, 6.45) is 1.45. The highest BCUT2D eigenvalue weighted by Crippen LogP contribution is 2.29. The molecular weight excluding hydrogens is 346 g/mol. The first kappa shape index (κ1) is 16.5. The van der Waals surface area contributed by atoms with Crippen molar-refractivity contribution in [3.05, 3.63) is 70.3 Å². The summed E-state index contributed by atoms with van der Waals surface area (Å²) in [5.74, 6) is -0.247. The molecule has 0 radical (unpaired) electrons. The van der Waals surface area contributed by atoms with Crippen LogP contribution in [0.25, 0.3) is 20.3 Å². The first-order valence-electron chi connectivity index (χ1n) is 8.27. The van der Waals surface area contributed by atoms with E-state index in [1.807, 2.05) is 56.3 Å². The van der Waals surface area contributed by atoms with E-state index in [2.05, 4.69) is 10.3 Å². The summed E-state index contributed by atoms with van der Waals surface area (Å²) < 4.78 is 2.95. The van der Waals surface area contributed by atoms with Crippen LogP contribution in [0.2, 0.25) is 0 Å². The van der Waals surface area contributed by atoms with Crippen molar-refractivity contribution in [3.63, 3.8) is 0 Å². The standard InChI is InChI=1S/C20H17N3O2S/c1-12-6-5-8-15(13(12)2)22-17(24)10-23-11-21-18-14-7-3-4-9-16(14)26-19(18)20(23)25/h3-9,11H,10H2,1-2H3,(H,22,24). The molecule has 2 aromatic carbocycles. The molecule has 0 saturated heterocycles. The molecule has 2 heterocycles. The van der Waals surface area contributed by atoms with E-state index in [0.29, 0.717) is 10.2 Å². The zero-order valence-corrected chi connectivity index (χ0v) is 15.3. The van der Waals surface area contributed by atoms with E-state index < -0.39 is 0 Å². The molecule has 0 atom stereocenters. The fourth-order valence-electron chi connectivity index (χ4n) is 2.96. The van der Waals surface area contributed by atoms with Crippen molar-refractivity contribution in [3.8, 4) is 0 Å². The van der Waals surface area contributed by atoms with E-state index in [1.54, 1.807) is 0 Å². The summed E-state index contributed by atoms with van der Waals surface area (Å²) in [6, 6.07) is 13.5. The zero-order valence-electron chi connectivity index (χ0n) is 14.4. The number of nitrogens with one attached hydrogen (secondary N) is 1. The molecular formula is C20H17N3O2S. The van der Waals surface area contributed by atoms with Crippen molar-refractivity contribution in [2.24, 2.45) is 0 Å². The largest absolute Gasteiger partial charge is 0.324 e. The van der Waals surface area contributed by atoms with Crippen molar-refractivity contribution in [2.75, 3.05) is 5.32 Å². The van der Waals surface area contributed by atoms with E-state index in [9.17, 15) is 9.59 Å². The van der Waals surface area contributed by atoms with Gasteiger partial charge in [0.15, 0.2) is 0 Å². The number of fused-ring (bicyclic) bond motifs is 3. The molecule has 1 amide bonds. The first-order valence-corrected chi connectivity index (χ1v) is 9.09. The third-order valence-corrected chi connectivity index (χ3v) is 5.69. The molecule has 6 heteroatoms. The van der Waals surface area contributed by atoms with Gasteiger partial charge in [0, 0.05) is 15.8 Å². The number of amides is 1. The average Bonchev–Trinajstić information content (AvgIpc) is 3.01. The molecule has 26 heavy (non-hydrogen) atoms. The van der Waals surface area contributed by atoms with Gasteiger partial charge >= 0.3 is 0 Å². The summed E-state index contributed by atoms with van der Waals surface area (Å²) in [4.78, 5) is 29.6. The van der Waals surface area contributed by atoms with E-state index in [0.717, 1.165) is 26.9 Å². The molecule has 4 rings (SSSR count). The summed E-state index contributed by atoms with van der Waals surface area (Å²) in [7, 11) is 0. The lowest BCUT2D eigenvalue weighted by atomic mass is 10.1. The van der Waals surface area contributed by atoms with E-state index in [1.165, 1.54) is 22.2 Å². The quantitative estimate of drug-likeness (QED) is 0.601. The average molecular weight is 363 g/mol. The predicted octanol–water partition coefficient (Wildman–Crippen LogP) is 3.87. The number of anilines is 1. The van der Waals surface area contributed by atoms with Gasteiger partial charge in [0.05, 0.1) is 11.8 Å². The van der Waals surface area contributed by atoms with Crippen LogP contribution in [0.15, 0.2) is 53.6 Å². The summed E-state index contributed by atoms with van der Waals surface area (Å²) in [5.41, 5.74) is 3.40. The fourth-order valence-corrected chi connectivity index (χ4v) is 4.06. The van der Waals surface area contributed by atoms with Crippen LogP contribution in [0.1, 0.15) is 11.1 Å². The van der Waals surface area contributed by atoms with Gasteiger partial charge in [0.1, 0.15) is 11.2 Å².